The molecule has 0 radical (unpaired) electrons. The molecule has 2 rings (SSSR count). The van der Waals surface area contributed by atoms with Gasteiger partial charge in [0.1, 0.15) is 0 Å². The van der Waals surface area contributed by atoms with Crippen molar-refractivity contribution < 1.29 is 19.2 Å². The molecule has 0 fully saturated rings. The van der Waals surface area contributed by atoms with Crippen molar-refractivity contribution in [1.29, 1.82) is 0 Å². The number of anilines is 1. The Bertz CT molecular complexity index is 833. The van der Waals surface area contributed by atoms with Gasteiger partial charge in [-0.25, -0.2) is 4.79 Å². The summed E-state index contributed by atoms with van der Waals surface area (Å²) in [6.45, 7) is 3.67. The number of benzene rings is 2. The van der Waals surface area contributed by atoms with E-state index in [2.05, 4.69) is 5.32 Å². The molecule has 26 heavy (non-hydrogen) atoms. The molecule has 0 heterocycles. The lowest BCUT2D eigenvalue weighted by Gasteiger charge is -2.14. The van der Waals surface area contributed by atoms with Crippen LogP contribution in [0, 0.1) is 17.0 Å². The number of ether oxygens (including phenoxy) is 1. The summed E-state index contributed by atoms with van der Waals surface area (Å²) in [6.07, 6.45) is -1.08. The maximum Gasteiger partial charge on any atom is 0.341 e. The third kappa shape index (κ3) is 4.79. The summed E-state index contributed by atoms with van der Waals surface area (Å²) in [7, 11) is 0. The summed E-state index contributed by atoms with van der Waals surface area (Å²) in [6, 6.07) is 11.1. The Balaban J connectivity index is 1.97. The van der Waals surface area contributed by atoms with Gasteiger partial charge in [0, 0.05) is 24.4 Å². The molecule has 0 unspecified atom stereocenters. The molecular formula is C18H19N3O5. The van der Waals surface area contributed by atoms with E-state index >= 15 is 0 Å². The summed E-state index contributed by atoms with van der Waals surface area (Å²) < 4.78 is 5.07. The number of nitro groups is 1. The Morgan fingerprint density at radius 2 is 1.88 bits per heavy atom. The van der Waals surface area contributed by atoms with Crippen LogP contribution >= 0.6 is 0 Å². The van der Waals surface area contributed by atoms with Crippen molar-refractivity contribution in [3.8, 4) is 0 Å². The van der Waals surface area contributed by atoms with Crippen LogP contribution < -0.4 is 11.1 Å². The van der Waals surface area contributed by atoms with Crippen molar-refractivity contribution >= 4 is 23.3 Å². The Hall–Kier alpha value is -3.42. The third-order valence-electron chi connectivity index (χ3n) is 3.71. The lowest BCUT2D eigenvalue weighted by atomic mass is 10.1. The molecule has 0 aromatic heterocycles. The van der Waals surface area contributed by atoms with Crippen LogP contribution in [0.5, 0.6) is 0 Å². The average molecular weight is 357 g/mol. The van der Waals surface area contributed by atoms with Gasteiger partial charge in [-0.1, -0.05) is 29.8 Å². The van der Waals surface area contributed by atoms with Crippen molar-refractivity contribution in [2.45, 2.75) is 26.5 Å². The van der Waals surface area contributed by atoms with E-state index in [0.29, 0.717) is 6.54 Å². The molecule has 8 heteroatoms. The maximum absolute atomic E-state index is 12.2. The molecular weight excluding hydrogens is 338 g/mol. The number of carbonyl (C=O) groups is 2. The molecule has 0 aliphatic rings. The Morgan fingerprint density at radius 1 is 1.23 bits per heavy atom. The number of hydrogen-bond acceptors (Lipinski definition) is 6. The van der Waals surface area contributed by atoms with E-state index in [1.165, 1.54) is 19.1 Å². The van der Waals surface area contributed by atoms with Gasteiger partial charge in [-0.15, -0.1) is 0 Å². The summed E-state index contributed by atoms with van der Waals surface area (Å²) >= 11 is 0. The zero-order valence-electron chi connectivity index (χ0n) is 14.4. The minimum Gasteiger partial charge on any atom is -0.449 e. The molecule has 0 aliphatic heterocycles. The van der Waals surface area contributed by atoms with Crippen molar-refractivity contribution in [3.63, 3.8) is 0 Å². The molecule has 136 valence electrons. The predicted molar refractivity (Wildman–Crippen MR) is 95.4 cm³/mol. The average Bonchev–Trinajstić information content (AvgIpc) is 2.60. The fourth-order valence-electron chi connectivity index (χ4n) is 2.15. The van der Waals surface area contributed by atoms with Gasteiger partial charge in [-0.3, -0.25) is 14.9 Å². The van der Waals surface area contributed by atoms with Gasteiger partial charge >= 0.3 is 5.97 Å². The van der Waals surface area contributed by atoms with Crippen LogP contribution in [0.1, 0.15) is 28.4 Å². The zero-order chi connectivity index (χ0) is 19.3. The molecule has 0 bridgehead atoms. The highest BCUT2D eigenvalue weighted by Gasteiger charge is 2.22. The van der Waals surface area contributed by atoms with Crippen LogP contribution in [0.25, 0.3) is 0 Å². The fourth-order valence-corrected chi connectivity index (χ4v) is 2.15. The number of non-ortho nitro benzene ring substituents is 1. The number of carbonyl (C=O) groups excluding carboxylic acids is 2. The van der Waals surface area contributed by atoms with Gasteiger partial charge in [0.15, 0.2) is 6.10 Å². The van der Waals surface area contributed by atoms with Crippen molar-refractivity contribution in [1.82, 2.24) is 5.32 Å². The molecule has 0 saturated carbocycles. The lowest BCUT2D eigenvalue weighted by molar-refractivity contribution is -0.384. The molecule has 2 aromatic carbocycles. The first-order valence-electron chi connectivity index (χ1n) is 7.86. The highest BCUT2D eigenvalue weighted by atomic mass is 16.6. The number of nitrogen functional groups attached to an aromatic ring is 1. The second-order valence-electron chi connectivity index (χ2n) is 5.78. The van der Waals surface area contributed by atoms with E-state index in [1.54, 1.807) is 0 Å². The van der Waals surface area contributed by atoms with Crippen molar-refractivity contribution in [2.75, 3.05) is 5.73 Å². The molecule has 0 aliphatic carbocycles. The number of nitro benzene ring substituents is 1. The van der Waals surface area contributed by atoms with Crippen molar-refractivity contribution in [3.05, 3.63) is 69.3 Å². The minimum atomic E-state index is -1.08. The highest BCUT2D eigenvalue weighted by molar-refractivity contribution is 5.97. The molecule has 8 nitrogen and oxygen atoms in total. The maximum atomic E-state index is 12.2. The largest absolute Gasteiger partial charge is 0.449 e. The SMILES string of the molecule is Cc1ccc(CNC(=O)[C@H](C)OC(=O)c2cc([N+](=O)[O-])ccc2N)cc1. The van der Waals surface area contributed by atoms with E-state index in [4.69, 9.17) is 10.5 Å². The van der Waals surface area contributed by atoms with Gasteiger partial charge in [-0.2, -0.15) is 0 Å². The lowest BCUT2D eigenvalue weighted by Crippen LogP contribution is -2.35. The number of nitrogens with one attached hydrogen (secondary N) is 1. The van der Waals surface area contributed by atoms with Gasteiger partial charge in [0.2, 0.25) is 0 Å². The van der Waals surface area contributed by atoms with Gasteiger partial charge in [0.05, 0.1) is 10.5 Å². The molecule has 2 aromatic rings. The zero-order valence-corrected chi connectivity index (χ0v) is 14.4. The number of esters is 1. The van der Waals surface area contributed by atoms with Crippen LogP contribution in [0.4, 0.5) is 11.4 Å². The second-order valence-corrected chi connectivity index (χ2v) is 5.78. The topological polar surface area (TPSA) is 125 Å². The number of hydrogen-bond donors (Lipinski definition) is 2. The summed E-state index contributed by atoms with van der Waals surface area (Å²) in [5, 5.41) is 13.5. The Labute approximate surface area is 150 Å². The number of nitrogens with two attached hydrogens (primary N) is 1. The summed E-state index contributed by atoms with van der Waals surface area (Å²) in [5.41, 5.74) is 7.27. The molecule has 0 saturated heterocycles. The van der Waals surface area contributed by atoms with Crippen LogP contribution in [0.2, 0.25) is 0 Å². The monoisotopic (exact) mass is 357 g/mol. The number of aryl methyl sites for hydroxylation is 1. The smallest absolute Gasteiger partial charge is 0.341 e. The standard InChI is InChI=1S/C18H19N3O5/c1-11-3-5-13(6-4-11)10-20-17(22)12(2)26-18(23)15-9-14(21(24)25)7-8-16(15)19/h3-9,12H,10,19H2,1-2H3,(H,20,22)/t12-/m0/s1. The van der Waals surface area contributed by atoms with Crippen LogP contribution in [0.3, 0.4) is 0 Å². The van der Waals surface area contributed by atoms with E-state index in [-0.39, 0.29) is 16.9 Å². The second kappa shape index (κ2) is 8.11. The number of amides is 1. The van der Waals surface area contributed by atoms with Crippen LogP contribution in [0.15, 0.2) is 42.5 Å². The third-order valence-corrected chi connectivity index (χ3v) is 3.71. The summed E-state index contributed by atoms with van der Waals surface area (Å²) in [5.74, 6) is -1.38. The van der Waals surface area contributed by atoms with E-state index < -0.39 is 22.9 Å². The van der Waals surface area contributed by atoms with Crippen LogP contribution in [-0.4, -0.2) is 22.9 Å². The first-order valence-corrected chi connectivity index (χ1v) is 7.86. The van der Waals surface area contributed by atoms with E-state index in [1.807, 2.05) is 31.2 Å². The Kier molecular flexibility index (Phi) is 5.90. The molecule has 0 spiro atoms. The Morgan fingerprint density at radius 3 is 2.50 bits per heavy atom. The summed E-state index contributed by atoms with van der Waals surface area (Å²) in [4.78, 5) is 34.4. The predicted octanol–water partition coefficient (Wildman–Crippen LogP) is 2.35. The fraction of sp³-hybridized carbons (Fsp3) is 0.222. The first-order chi connectivity index (χ1) is 12.3. The van der Waals surface area contributed by atoms with E-state index in [0.717, 1.165) is 17.2 Å². The van der Waals surface area contributed by atoms with E-state index in [9.17, 15) is 19.7 Å². The van der Waals surface area contributed by atoms with Gasteiger partial charge in [0.25, 0.3) is 11.6 Å². The highest BCUT2D eigenvalue weighted by Crippen LogP contribution is 2.21. The number of rotatable bonds is 6. The molecule has 1 amide bonds. The van der Waals surface area contributed by atoms with Gasteiger partial charge < -0.3 is 15.8 Å². The minimum absolute atomic E-state index is 0.0351. The van der Waals surface area contributed by atoms with Gasteiger partial charge in [-0.05, 0) is 25.5 Å². The number of nitrogens with zero attached hydrogens (tertiary/aromatic N) is 1. The normalized spacial score (nSPS) is 11.5. The molecule has 3 N–H and O–H groups in total. The first kappa shape index (κ1) is 18.9. The molecule has 1 atom stereocenters. The quantitative estimate of drug-likeness (QED) is 0.354. The van der Waals surface area contributed by atoms with Crippen molar-refractivity contribution in [2.24, 2.45) is 0 Å². The van der Waals surface area contributed by atoms with Crippen LogP contribution in [-0.2, 0) is 16.1 Å².